The fourth-order valence-corrected chi connectivity index (χ4v) is 3.20. The maximum Gasteiger partial charge on any atom is 0.244 e. The molecule has 138 valence electrons. The van der Waals surface area contributed by atoms with Gasteiger partial charge in [0, 0.05) is 0 Å². The molecule has 3 rings (SSSR count). The normalized spacial score (nSPS) is 12.7. The zero-order valence-electron chi connectivity index (χ0n) is 16.4. The summed E-state index contributed by atoms with van der Waals surface area (Å²) in [6.07, 6.45) is 1.46. The first-order valence-corrected chi connectivity index (χ1v) is 9.21. The van der Waals surface area contributed by atoms with Crippen LogP contribution in [-0.2, 0) is 13.6 Å². The van der Waals surface area contributed by atoms with E-state index in [2.05, 4.69) is 61.1 Å². The first kappa shape index (κ1) is 18.5. The summed E-state index contributed by atoms with van der Waals surface area (Å²) in [5.41, 5.74) is 6.13. The molecule has 4 heteroatoms. The highest BCUT2D eigenvalue weighted by Gasteiger charge is 2.18. The van der Waals surface area contributed by atoms with Crippen molar-refractivity contribution in [2.75, 3.05) is 6.61 Å². The van der Waals surface area contributed by atoms with Crippen molar-refractivity contribution in [1.82, 2.24) is 4.57 Å². The second-order valence-electron chi connectivity index (χ2n) is 7.49. The van der Waals surface area contributed by atoms with Crippen molar-refractivity contribution in [2.45, 2.75) is 46.3 Å². The van der Waals surface area contributed by atoms with Crippen LogP contribution in [0.15, 0.2) is 42.7 Å². The predicted molar refractivity (Wildman–Crippen MR) is 105 cm³/mol. The zero-order chi connectivity index (χ0) is 18.8. The Hall–Kier alpha value is -2.33. The van der Waals surface area contributed by atoms with E-state index in [1.165, 1.54) is 22.2 Å². The lowest BCUT2D eigenvalue weighted by Gasteiger charge is -2.12. The van der Waals surface area contributed by atoms with Crippen molar-refractivity contribution in [1.29, 1.82) is 0 Å². The number of aliphatic hydroxyl groups is 1. The van der Waals surface area contributed by atoms with E-state index in [0.29, 0.717) is 12.5 Å². The highest BCUT2D eigenvalue weighted by atomic mass is 16.5. The van der Waals surface area contributed by atoms with Crippen molar-refractivity contribution in [2.24, 2.45) is 7.05 Å². The Labute approximate surface area is 155 Å². The standard InChI is InChI=1S/C22H29N2O2/c1-15(2)18-6-8-20(9-7-18)26-13-19(25)12-24-14-23(5)21-10-16(3)17(4)11-22(21)24/h6-11,14-15,19,25H,12-13H2,1-5H3/q+1/t19-/m0/s1. The number of aromatic nitrogens is 2. The van der Waals surface area contributed by atoms with Crippen LogP contribution in [0.4, 0.5) is 0 Å². The number of nitrogens with zero attached hydrogens (tertiary/aromatic N) is 2. The van der Waals surface area contributed by atoms with E-state index < -0.39 is 6.10 Å². The average Bonchev–Trinajstić information content (AvgIpc) is 2.89. The van der Waals surface area contributed by atoms with E-state index in [1.807, 2.05) is 25.5 Å². The Morgan fingerprint density at radius 1 is 1.08 bits per heavy atom. The lowest BCUT2D eigenvalue weighted by atomic mass is 10.0. The van der Waals surface area contributed by atoms with Crippen molar-refractivity contribution >= 4 is 11.0 Å². The number of hydrogen-bond donors (Lipinski definition) is 1. The fraction of sp³-hybridized carbons (Fsp3) is 0.409. The van der Waals surface area contributed by atoms with Gasteiger partial charge in [-0.1, -0.05) is 26.0 Å². The van der Waals surface area contributed by atoms with Crippen molar-refractivity contribution < 1.29 is 14.4 Å². The van der Waals surface area contributed by atoms with Gasteiger partial charge in [0.2, 0.25) is 6.33 Å². The summed E-state index contributed by atoms with van der Waals surface area (Å²) in [6, 6.07) is 12.5. The Morgan fingerprint density at radius 2 is 1.73 bits per heavy atom. The SMILES string of the molecule is Cc1cc2c(cc1C)[n+](C)cn2C[C@H](O)COc1ccc(C(C)C)cc1. The van der Waals surface area contributed by atoms with E-state index in [1.54, 1.807) is 0 Å². The average molecular weight is 353 g/mol. The van der Waals surface area contributed by atoms with Crippen LogP contribution in [0, 0.1) is 13.8 Å². The molecule has 0 bridgehead atoms. The van der Waals surface area contributed by atoms with Crippen molar-refractivity contribution in [3.8, 4) is 5.75 Å². The van der Waals surface area contributed by atoms with E-state index in [0.717, 1.165) is 11.3 Å². The molecule has 1 atom stereocenters. The monoisotopic (exact) mass is 353 g/mol. The molecule has 0 aliphatic rings. The molecular weight excluding hydrogens is 324 g/mol. The molecule has 0 saturated heterocycles. The van der Waals surface area contributed by atoms with Crippen LogP contribution < -0.4 is 9.30 Å². The summed E-state index contributed by atoms with van der Waals surface area (Å²) in [6.45, 7) is 9.36. The van der Waals surface area contributed by atoms with Crippen molar-refractivity contribution in [3.63, 3.8) is 0 Å². The largest absolute Gasteiger partial charge is 0.491 e. The van der Waals surface area contributed by atoms with E-state index in [-0.39, 0.29) is 6.61 Å². The van der Waals surface area contributed by atoms with Crippen LogP contribution >= 0.6 is 0 Å². The minimum Gasteiger partial charge on any atom is -0.491 e. The molecule has 0 aliphatic heterocycles. The topological polar surface area (TPSA) is 38.3 Å². The third-order valence-electron chi connectivity index (χ3n) is 4.99. The Kier molecular flexibility index (Phi) is 5.33. The van der Waals surface area contributed by atoms with Gasteiger partial charge in [0.25, 0.3) is 0 Å². The second kappa shape index (κ2) is 7.50. The van der Waals surface area contributed by atoms with Crippen LogP contribution in [0.2, 0.25) is 0 Å². The predicted octanol–water partition coefficient (Wildman–Crippen LogP) is 3.65. The van der Waals surface area contributed by atoms with Gasteiger partial charge in [-0.15, -0.1) is 0 Å². The van der Waals surface area contributed by atoms with Gasteiger partial charge in [-0.2, -0.15) is 0 Å². The minimum atomic E-state index is -0.572. The quantitative estimate of drug-likeness (QED) is 0.687. The summed E-state index contributed by atoms with van der Waals surface area (Å²) >= 11 is 0. The number of fused-ring (bicyclic) bond motifs is 1. The molecule has 1 aromatic heterocycles. The number of aryl methyl sites for hydroxylation is 3. The van der Waals surface area contributed by atoms with Crippen LogP contribution in [0.5, 0.6) is 5.75 Å². The van der Waals surface area contributed by atoms with Crippen LogP contribution in [0.1, 0.15) is 36.5 Å². The molecule has 0 saturated carbocycles. The molecule has 0 radical (unpaired) electrons. The van der Waals surface area contributed by atoms with Crippen LogP contribution in [-0.4, -0.2) is 22.4 Å². The molecule has 0 spiro atoms. The fourth-order valence-electron chi connectivity index (χ4n) is 3.20. The maximum atomic E-state index is 10.4. The van der Waals surface area contributed by atoms with Gasteiger partial charge in [-0.25, -0.2) is 9.13 Å². The van der Waals surface area contributed by atoms with Gasteiger partial charge >= 0.3 is 0 Å². The van der Waals surface area contributed by atoms with Crippen LogP contribution in [0.25, 0.3) is 11.0 Å². The van der Waals surface area contributed by atoms with E-state index in [4.69, 9.17) is 4.74 Å². The van der Waals surface area contributed by atoms with Crippen molar-refractivity contribution in [3.05, 3.63) is 59.4 Å². The minimum absolute atomic E-state index is 0.273. The van der Waals surface area contributed by atoms with E-state index in [9.17, 15) is 5.11 Å². The van der Waals surface area contributed by atoms with Gasteiger partial charge in [-0.05, 0) is 60.7 Å². The van der Waals surface area contributed by atoms with E-state index >= 15 is 0 Å². The number of hydrogen-bond acceptors (Lipinski definition) is 2. The molecule has 3 aromatic rings. The number of aliphatic hydroxyl groups excluding tert-OH is 1. The molecule has 26 heavy (non-hydrogen) atoms. The molecule has 1 heterocycles. The highest BCUT2D eigenvalue weighted by molar-refractivity contribution is 5.74. The summed E-state index contributed by atoms with van der Waals surface area (Å²) in [5.74, 6) is 1.30. The Morgan fingerprint density at radius 3 is 2.38 bits per heavy atom. The first-order valence-electron chi connectivity index (χ1n) is 9.21. The van der Waals surface area contributed by atoms with Gasteiger partial charge in [-0.3, -0.25) is 0 Å². The third-order valence-corrected chi connectivity index (χ3v) is 4.99. The molecule has 2 aromatic carbocycles. The van der Waals surface area contributed by atoms with Gasteiger partial charge in [0.05, 0.1) is 7.05 Å². The molecule has 0 aliphatic carbocycles. The number of benzene rings is 2. The highest BCUT2D eigenvalue weighted by Crippen LogP contribution is 2.20. The molecule has 0 unspecified atom stereocenters. The number of rotatable bonds is 6. The summed E-state index contributed by atoms with van der Waals surface area (Å²) in [7, 11) is 2.03. The second-order valence-corrected chi connectivity index (χ2v) is 7.49. The van der Waals surface area contributed by atoms with Gasteiger partial charge in [0.15, 0.2) is 11.0 Å². The summed E-state index contributed by atoms with van der Waals surface area (Å²) in [4.78, 5) is 0. The molecule has 0 amide bonds. The van der Waals surface area contributed by atoms with Crippen LogP contribution in [0.3, 0.4) is 0 Å². The molecular formula is C22H29N2O2+. The van der Waals surface area contributed by atoms with Gasteiger partial charge < -0.3 is 9.84 Å². The van der Waals surface area contributed by atoms with Gasteiger partial charge in [0.1, 0.15) is 25.0 Å². The zero-order valence-corrected chi connectivity index (χ0v) is 16.4. The number of imidazole rings is 1. The Balaban J connectivity index is 1.67. The molecule has 4 nitrogen and oxygen atoms in total. The number of ether oxygens (including phenoxy) is 1. The lowest BCUT2D eigenvalue weighted by molar-refractivity contribution is -0.645. The maximum absolute atomic E-state index is 10.4. The molecule has 0 fully saturated rings. The smallest absolute Gasteiger partial charge is 0.244 e. The summed E-state index contributed by atoms with van der Waals surface area (Å²) in [5, 5.41) is 10.4. The first-order chi connectivity index (χ1) is 12.3. The summed E-state index contributed by atoms with van der Waals surface area (Å²) < 4.78 is 9.96. The molecule has 1 N–H and O–H groups in total. The Bertz CT molecular complexity index is 895. The lowest BCUT2D eigenvalue weighted by Crippen LogP contribution is -2.27. The third kappa shape index (κ3) is 3.91.